The lowest BCUT2D eigenvalue weighted by atomic mass is 9.87. The summed E-state index contributed by atoms with van der Waals surface area (Å²) in [4.78, 5) is 0. The Labute approximate surface area is 123 Å². The Balaban J connectivity index is 1.84. The van der Waals surface area contributed by atoms with Crippen molar-refractivity contribution in [1.82, 2.24) is 5.32 Å². The number of benzene rings is 1. The zero-order chi connectivity index (χ0) is 14.4. The van der Waals surface area contributed by atoms with Gasteiger partial charge in [0.25, 0.3) is 0 Å². The maximum atomic E-state index is 5.63. The third kappa shape index (κ3) is 4.52. The van der Waals surface area contributed by atoms with Gasteiger partial charge in [-0.3, -0.25) is 0 Å². The van der Waals surface area contributed by atoms with E-state index in [1.54, 1.807) is 0 Å². The molecule has 1 aromatic carbocycles. The van der Waals surface area contributed by atoms with Crippen LogP contribution in [0.4, 0.5) is 0 Å². The average molecular weight is 275 g/mol. The molecular weight excluding hydrogens is 246 g/mol. The molecule has 0 amide bonds. The standard InChI is InChI=1S/C18H29NO/c1-4-13-20-18-11-7-16(8-12-18)15(3)19-17-9-5-14(2)6-10-17/h7-8,11-12,14-15,17,19H,4-6,9-10,13H2,1-3H3. The smallest absolute Gasteiger partial charge is 0.119 e. The average Bonchev–Trinajstić information content (AvgIpc) is 2.48. The van der Waals surface area contributed by atoms with Crippen LogP contribution < -0.4 is 10.1 Å². The van der Waals surface area contributed by atoms with Gasteiger partial charge in [-0.25, -0.2) is 0 Å². The summed E-state index contributed by atoms with van der Waals surface area (Å²) >= 11 is 0. The van der Waals surface area contributed by atoms with E-state index in [4.69, 9.17) is 4.74 Å². The molecule has 1 unspecified atom stereocenters. The number of nitrogens with one attached hydrogen (secondary N) is 1. The quantitative estimate of drug-likeness (QED) is 0.812. The van der Waals surface area contributed by atoms with E-state index in [0.717, 1.165) is 24.7 Å². The van der Waals surface area contributed by atoms with E-state index < -0.39 is 0 Å². The van der Waals surface area contributed by atoms with Gasteiger partial charge < -0.3 is 10.1 Å². The van der Waals surface area contributed by atoms with E-state index in [-0.39, 0.29) is 0 Å². The third-order valence-electron chi connectivity index (χ3n) is 4.35. The summed E-state index contributed by atoms with van der Waals surface area (Å²) in [6.45, 7) is 7.56. The van der Waals surface area contributed by atoms with Crippen LogP contribution in [0.3, 0.4) is 0 Å². The minimum Gasteiger partial charge on any atom is -0.494 e. The van der Waals surface area contributed by atoms with Crippen molar-refractivity contribution in [3.8, 4) is 5.75 Å². The van der Waals surface area contributed by atoms with Crippen LogP contribution in [-0.2, 0) is 0 Å². The molecule has 0 spiro atoms. The highest BCUT2D eigenvalue weighted by Crippen LogP contribution is 2.26. The van der Waals surface area contributed by atoms with Crippen LogP contribution in [0.25, 0.3) is 0 Å². The van der Waals surface area contributed by atoms with Crippen molar-refractivity contribution in [2.45, 2.75) is 65.0 Å². The predicted molar refractivity (Wildman–Crippen MR) is 85.2 cm³/mol. The van der Waals surface area contributed by atoms with Crippen LogP contribution in [0.5, 0.6) is 5.75 Å². The molecule has 0 aromatic heterocycles. The van der Waals surface area contributed by atoms with Crippen LogP contribution >= 0.6 is 0 Å². The molecule has 2 heteroatoms. The Morgan fingerprint density at radius 1 is 1.15 bits per heavy atom. The summed E-state index contributed by atoms with van der Waals surface area (Å²) in [5.74, 6) is 1.90. The lowest BCUT2D eigenvalue weighted by Crippen LogP contribution is -2.34. The molecule has 20 heavy (non-hydrogen) atoms. The Morgan fingerprint density at radius 2 is 1.80 bits per heavy atom. The molecule has 0 aliphatic heterocycles. The van der Waals surface area contributed by atoms with Crippen LogP contribution in [0.1, 0.15) is 64.5 Å². The van der Waals surface area contributed by atoms with E-state index in [2.05, 4.69) is 50.4 Å². The highest BCUT2D eigenvalue weighted by molar-refractivity contribution is 5.29. The van der Waals surface area contributed by atoms with Crippen molar-refractivity contribution in [2.24, 2.45) is 5.92 Å². The maximum Gasteiger partial charge on any atom is 0.119 e. The molecular formula is C18H29NO. The van der Waals surface area contributed by atoms with Gasteiger partial charge in [-0.15, -0.1) is 0 Å². The Bertz CT molecular complexity index is 379. The highest BCUT2D eigenvalue weighted by atomic mass is 16.5. The van der Waals surface area contributed by atoms with Crippen LogP contribution in [0.15, 0.2) is 24.3 Å². The molecule has 2 nitrogen and oxygen atoms in total. The lowest BCUT2D eigenvalue weighted by Gasteiger charge is -2.29. The fraction of sp³-hybridized carbons (Fsp3) is 0.667. The van der Waals surface area contributed by atoms with Crippen molar-refractivity contribution >= 4 is 0 Å². The molecule has 0 saturated heterocycles. The number of rotatable bonds is 6. The Morgan fingerprint density at radius 3 is 2.40 bits per heavy atom. The zero-order valence-corrected chi connectivity index (χ0v) is 13.2. The van der Waals surface area contributed by atoms with Crippen LogP contribution in [0, 0.1) is 5.92 Å². The minimum atomic E-state index is 0.425. The molecule has 1 atom stereocenters. The topological polar surface area (TPSA) is 21.3 Å². The first-order valence-corrected chi connectivity index (χ1v) is 8.17. The Kier molecular flexibility index (Phi) is 5.90. The molecule has 0 bridgehead atoms. The summed E-state index contributed by atoms with van der Waals surface area (Å²) in [5.41, 5.74) is 1.35. The van der Waals surface area contributed by atoms with E-state index in [0.29, 0.717) is 12.1 Å². The monoisotopic (exact) mass is 275 g/mol. The van der Waals surface area contributed by atoms with Crippen molar-refractivity contribution in [1.29, 1.82) is 0 Å². The number of hydrogen-bond acceptors (Lipinski definition) is 2. The Hall–Kier alpha value is -1.02. The summed E-state index contributed by atoms with van der Waals surface area (Å²) in [6.07, 6.45) is 6.44. The SMILES string of the molecule is CCCOc1ccc(C(C)NC2CCC(C)CC2)cc1. The van der Waals surface area contributed by atoms with E-state index in [1.165, 1.54) is 31.2 Å². The van der Waals surface area contributed by atoms with Gasteiger partial charge in [-0.1, -0.05) is 26.0 Å². The third-order valence-corrected chi connectivity index (χ3v) is 4.35. The fourth-order valence-corrected chi connectivity index (χ4v) is 2.95. The molecule has 1 aliphatic rings. The van der Waals surface area contributed by atoms with Crippen molar-refractivity contribution in [3.05, 3.63) is 29.8 Å². The number of ether oxygens (including phenoxy) is 1. The first-order valence-electron chi connectivity index (χ1n) is 8.17. The summed E-state index contributed by atoms with van der Waals surface area (Å²) in [6, 6.07) is 9.67. The molecule has 0 heterocycles. The van der Waals surface area contributed by atoms with Gasteiger partial charge in [-0.05, 0) is 62.6 Å². The molecule has 0 radical (unpaired) electrons. The molecule has 1 N–H and O–H groups in total. The molecule has 1 aliphatic carbocycles. The van der Waals surface area contributed by atoms with Gasteiger partial charge in [0.1, 0.15) is 5.75 Å². The van der Waals surface area contributed by atoms with E-state index in [9.17, 15) is 0 Å². The van der Waals surface area contributed by atoms with Gasteiger partial charge >= 0.3 is 0 Å². The molecule has 1 aromatic rings. The largest absolute Gasteiger partial charge is 0.494 e. The highest BCUT2D eigenvalue weighted by Gasteiger charge is 2.19. The van der Waals surface area contributed by atoms with Gasteiger partial charge in [0.2, 0.25) is 0 Å². The molecule has 1 fully saturated rings. The van der Waals surface area contributed by atoms with Crippen LogP contribution in [-0.4, -0.2) is 12.6 Å². The van der Waals surface area contributed by atoms with Gasteiger partial charge in [0, 0.05) is 12.1 Å². The molecule has 112 valence electrons. The second-order valence-electron chi connectivity index (χ2n) is 6.26. The second kappa shape index (κ2) is 7.68. The fourth-order valence-electron chi connectivity index (χ4n) is 2.95. The minimum absolute atomic E-state index is 0.425. The summed E-state index contributed by atoms with van der Waals surface area (Å²) in [5, 5.41) is 3.78. The van der Waals surface area contributed by atoms with Gasteiger partial charge in [0.15, 0.2) is 0 Å². The zero-order valence-electron chi connectivity index (χ0n) is 13.2. The van der Waals surface area contributed by atoms with E-state index in [1.807, 2.05) is 0 Å². The first-order chi connectivity index (χ1) is 9.69. The van der Waals surface area contributed by atoms with Gasteiger partial charge in [0.05, 0.1) is 6.61 Å². The van der Waals surface area contributed by atoms with Crippen molar-refractivity contribution in [3.63, 3.8) is 0 Å². The van der Waals surface area contributed by atoms with Crippen molar-refractivity contribution < 1.29 is 4.74 Å². The molecule has 1 saturated carbocycles. The lowest BCUT2D eigenvalue weighted by molar-refractivity contribution is 0.291. The van der Waals surface area contributed by atoms with E-state index >= 15 is 0 Å². The number of hydrogen-bond donors (Lipinski definition) is 1. The summed E-state index contributed by atoms with van der Waals surface area (Å²) in [7, 11) is 0. The van der Waals surface area contributed by atoms with Crippen molar-refractivity contribution in [2.75, 3.05) is 6.61 Å². The normalized spacial score (nSPS) is 24.4. The van der Waals surface area contributed by atoms with Gasteiger partial charge in [-0.2, -0.15) is 0 Å². The maximum absolute atomic E-state index is 5.63. The van der Waals surface area contributed by atoms with Crippen LogP contribution in [0.2, 0.25) is 0 Å². The predicted octanol–water partition coefficient (Wildman–Crippen LogP) is 4.70. The first kappa shape index (κ1) is 15.4. The molecule has 2 rings (SSSR count). The summed E-state index contributed by atoms with van der Waals surface area (Å²) < 4.78 is 5.63. The second-order valence-corrected chi connectivity index (χ2v) is 6.26.